The number of nitrogens with zero attached hydrogens (tertiary/aromatic N) is 3. The number of aryl methyl sites for hydroxylation is 2. The minimum Gasteiger partial charge on any atom is -0.327 e. The predicted octanol–water partition coefficient (Wildman–Crippen LogP) is 1.60. The number of hydrogen-bond acceptors (Lipinski definition) is 3. The molecule has 0 radical (unpaired) electrons. The normalized spacial score (nSPS) is 31.7. The maximum absolute atomic E-state index is 6.30. The summed E-state index contributed by atoms with van der Waals surface area (Å²) in [5, 5.41) is 4.52. The van der Waals surface area contributed by atoms with Crippen molar-refractivity contribution < 1.29 is 0 Å². The molecule has 4 nitrogen and oxygen atoms in total. The standard InChI is InChI=1S/C15H26N4/c1-10-13(11(2)18(3)17-10)8-19-7-12-5-4-6-15(16)14(12)9-19/h12,14-15H,4-9,16H2,1-3H3. The van der Waals surface area contributed by atoms with Crippen molar-refractivity contribution in [2.24, 2.45) is 24.6 Å². The quantitative estimate of drug-likeness (QED) is 0.880. The molecule has 1 saturated carbocycles. The van der Waals surface area contributed by atoms with Crippen LogP contribution in [0, 0.1) is 25.7 Å². The minimum absolute atomic E-state index is 0.430. The molecule has 3 atom stereocenters. The van der Waals surface area contributed by atoms with Gasteiger partial charge in [0.2, 0.25) is 0 Å². The van der Waals surface area contributed by atoms with Gasteiger partial charge >= 0.3 is 0 Å². The van der Waals surface area contributed by atoms with Gasteiger partial charge in [-0.25, -0.2) is 0 Å². The summed E-state index contributed by atoms with van der Waals surface area (Å²) in [5.74, 6) is 1.56. The van der Waals surface area contributed by atoms with E-state index in [2.05, 4.69) is 23.8 Å². The maximum atomic E-state index is 6.30. The van der Waals surface area contributed by atoms with Gasteiger partial charge in [-0.15, -0.1) is 0 Å². The molecule has 2 N–H and O–H groups in total. The topological polar surface area (TPSA) is 47.1 Å². The number of likely N-dealkylation sites (tertiary alicyclic amines) is 1. The van der Waals surface area contributed by atoms with E-state index < -0.39 is 0 Å². The summed E-state index contributed by atoms with van der Waals surface area (Å²) in [4.78, 5) is 2.59. The molecule has 2 aliphatic rings. The molecule has 4 heteroatoms. The monoisotopic (exact) mass is 262 g/mol. The van der Waals surface area contributed by atoms with Gasteiger partial charge < -0.3 is 5.73 Å². The second-order valence-electron chi connectivity index (χ2n) is 6.49. The zero-order valence-electron chi connectivity index (χ0n) is 12.4. The van der Waals surface area contributed by atoms with Crippen LogP contribution in [0.25, 0.3) is 0 Å². The zero-order valence-corrected chi connectivity index (χ0v) is 12.4. The average molecular weight is 262 g/mol. The van der Waals surface area contributed by atoms with Crippen molar-refractivity contribution in [1.82, 2.24) is 14.7 Å². The fourth-order valence-electron chi connectivity index (χ4n) is 4.01. The highest BCUT2D eigenvalue weighted by molar-refractivity contribution is 5.24. The third-order valence-corrected chi connectivity index (χ3v) is 5.27. The van der Waals surface area contributed by atoms with Crippen LogP contribution in [-0.4, -0.2) is 33.8 Å². The van der Waals surface area contributed by atoms with E-state index in [1.54, 1.807) is 0 Å². The lowest BCUT2D eigenvalue weighted by molar-refractivity contribution is 0.259. The highest BCUT2D eigenvalue weighted by Gasteiger charge is 2.38. The number of aromatic nitrogens is 2. The molecule has 0 amide bonds. The first kappa shape index (κ1) is 13.1. The van der Waals surface area contributed by atoms with Crippen molar-refractivity contribution >= 4 is 0 Å². The van der Waals surface area contributed by atoms with Crippen molar-refractivity contribution in [3.05, 3.63) is 17.0 Å². The van der Waals surface area contributed by atoms with Crippen LogP contribution < -0.4 is 5.73 Å². The van der Waals surface area contributed by atoms with Crippen LogP contribution >= 0.6 is 0 Å². The largest absolute Gasteiger partial charge is 0.327 e. The van der Waals surface area contributed by atoms with Crippen molar-refractivity contribution in [2.45, 2.75) is 45.7 Å². The molecule has 0 bridgehead atoms. The second kappa shape index (κ2) is 4.91. The molecule has 0 spiro atoms. The molecule has 1 aliphatic carbocycles. The summed E-state index contributed by atoms with van der Waals surface area (Å²) in [5.41, 5.74) is 10.2. The van der Waals surface area contributed by atoms with E-state index in [1.807, 2.05) is 11.7 Å². The van der Waals surface area contributed by atoms with Gasteiger partial charge in [0.1, 0.15) is 0 Å². The molecule has 106 valence electrons. The van der Waals surface area contributed by atoms with Gasteiger partial charge in [0, 0.05) is 44.0 Å². The van der Waals surface area contributed by atoms with Crippen LogP contribution in [0.2, 0.25) is 0 Å². The third-order valence-electron chi connectivity index (χ3n) is 5.27. The molecule has 2 fully saturated rings. The molecule has 1 aromatic rings. The first-order valence-electron chi connectivity index (χ1n) is 7.53. The van der Waals surface area contributed by atoms with E-state index in [1.165, 1.54) is 49.3 Å². The molecule has 2 heterocycles. The van der Waals surface area contributed by atoms with Crippen molar-refractivity contribution in [3.8, 4) is 0 Å². The molecule has 1 aliphatic heterocycles. The zero-order chi connectivity index (χ0) is 13.6. The lowest BCUT2D eigenvalue weighted by Crippen LogP contribution is -2.38. The van der Waals surface area contributed by atoms with E-state index in [9.17, 15) is 0 Å². The van der Waals surface area contributed by atoms with Crippen LogP contribution in [0.3, 0.4) is 0 Å². The van der Waals surface area contributed by atoms with Crippen LogP contribution in [-0.2, 0) is 13.6 Å². The van der Waals surface area contributed by atoms with Gasteiger partial charge in [0.15, 0.2) is 0 Å². The van der Waals surface area contributed by atoms with Crippen molar-refractivity contribution in [3.63, 3.8) is 0 Å². The minimum atomic E-state index is 0.430. The number of fused-ring (bicyclic) bond motifs is 1. The van der Waals surface area contributed by atoms with Gasteiger partial charge in [-0.2, -0.15) is 5.10 Å². The van der Waals surface area contributed by atoms with Crippen molar-refractivity contribution in [2.75, 3.05) is 13.1 Å². The van der Waals surface area contributed by atoms with Gasteiger partial charge in [-0.1, -0.05) is 6.42 Å². The summed E-state index contributed by atoms with van der Waals surface area (Å²) >= 11 is 0. The van der Waals surface area contributed by atoms with Gasteiger partial charge in [-0.05, 0) is 38.5 Å². The third kappa shape index (κ3) is 2.32. The number of rotatable bonds is 2. The molecule has 19 heavy (non-hydrogen) atoms. The predicted molar refractivity (Wildman–Crippen MR) is 76.8 cm³/mol. The van der Waals surface area contributed by atoms with Gasteiger partial charge in [0.05, 0.1) is 5.69 Å². The molecule has 1 aromatic heterocycles. The Balaban J connectivity index is 1.71. The second-order valence-corrected chi connectivity index (χ2v) is 6.49. The Hall–Kier alpha value is -0.870. The Bertz CT molecular complexity index is 465. The number of nitrogens with two attached hydrogens (primary N) is 1. The van der Waals surface area contributed by atoms with Crippen LogP contribution in [0.1, 0.15) is 36.2 Å². The number of hydrogen-bond donors (Lipinski definition) is 1. The first-order chi connectivity index (χ1) is 9.06. The van der Waals surface area contributed by atoms with E-state index in [-0.39, 0.29) is 0 Å². The van der Waals surface area contributed by atoms with Gasteiger partial charge in [-0.3, -0.25) is 9.58 Å². The van der Waals surface area contributed by atoms with Crippen LogP contribution in [0.4, 0.5) is 0 Å². The Kier molecular flexibility index (Phi) is 3.39. The summed E-state index contributed by atoms with van der Waals surface area (Å²) in [7, 11) is 2.03. The lowest BCUT2D eigenvalue weighted by Gasteiger charge is -2.29. The SMILES string of the molecule is Cc1nn(C)c(C)c1CN1CC2CCCC(N)C2C1. The Labute approximate surface area is 116 Å². The summed E-state index contributed by atoms with van der Waals surface area (Å²) in [6, 6.07) is 0.430. The highest BCUT2D eigenvalue weighted by Crippen LogP contribution is 2.36. The smallest absolute Gasteiger partial charge is 0.0641 e. The molecule has 1 saturated heterocycles. The van der Waals surface area contributed by atoms with Crippen molar-refractivity contribution in [1.29, 1.82) is 0 Å². The molecular weight excluding hydrogens is 236 g/mol. The van der Waals surface area contributed by atoms with Gasteiger partial charge in [0.25, 0.3) is 0 Å². The molecule has 0 aromatic carbocycles. The molecule has 3 unspecified atom stereocenters. The molecular formula is C15H26N4. The van der Waals surface area contributed by atoms with E-state index in [0.29, 0.717) is 6.04 Å². The average Bonchev–Trinajstić information content (AvgIpc) is 2.88. The lowest BCUT2D eigenvalue weighted by atomic mass is 9.78. The van der Waals surface area contributed by atoms with E-state index in [0.717, 1.165) is 18.4 Å². The summed E-state index contributed by atoms with van der Waals surface area (Å²) in [6.45, 7) is 7.75. The fourth-order valence-corrected chi connectivity index (χ4v) is 4.01. The Morgan fingerprint density at radius 1 is 1.26 bits per heavy atom. The Morgan fingerprint density at radius 2 is 2.05 bits per heavy atom. The summed E-state index contributed by atoms with van der Waals surface area (Å²) < 4.78 is 2.00. The van der Waals surface area contributed by atoms with E-state index in [4.69, 9.17) is 5.73 Å². The molecule has 3 rings (SSSR count). The van der Waals surface area contributed by atoms with E-state index >= 15 is 0 Å². The van der Waals surface area contributed by atoms with Crippen LogP contribution in [0.15, 0.2) is 0 Å². The fraction of sp³-hybridized carbons (Fsp3) is 0.800. The Morgan fingerprint density at radius 3 is 2.68 bits per heavy atom. The van der Waals surface area contributed by atoms with Crippen LogP contribution in [0.5, 0.6) is 0 Å². The first-order valence-corrected chi connectivity index (χ1v) is 7.53. The summed E-state index contributed by atoms with van der Waals surface area (Å²) in [6.07, 6.45) is 3.92. The maximum Gasteiger partial charge on any atom is 0.0641 e. The highest BCUT2D eigenvalue weighted by atomic mass is 15.3.